The van der Waals surface area contributed by atoms with E-state index in [0.717, 1.165) is 0 Å². The van der Waals surface area contributed by atoms with Crippen molar-refractivity contribution >= 4 is 10.0 Å². The molecule has 82 valence electrons. The Labute approximate surface area is 87.7 Å². The van der Waals surface area contributed by atoms with Crippen molar-refractivity contribution in [3.05, 3.63) is 35.9 Å². The summed E-state index contributed by atoms with van der Waals surface area (Å²) in [5, 5.41) is 8.66. The van der Waals surface area contributed by atoms with Gasteiger partial charge in [0.1, 0.15) is 0 Å². The number of hydrogen-bond donors (Lipinski definition) is 2. The topological polar surface area (TPSA) is 75.6 Å². The third kappa shape index (κ3) is 1.46. The van der Waals surface area contributed by atoms with Crippen LogP contribution in [0.25, 0.3) is 0 Å². The maximum absolute atomic E-state index is 11.7. The molecule has 6 heteroatoms. The van der Waals surface area contributed by atoms with Crippen LogP contribution >= 0.6 is 0 Å². The van der Waals surface area contributed by atoms with E-state index in [1.165, 1.54) is 4.89 Å². The number of ether oxygens (including phenoxy) is 1. The zero-order chi connectivity index (χ0) is 10.9. The SMILES string of the molecule is O=S(=O)(NO)C1(c2ccccc2)COC1. The monoisotopic (exact) mass is 229 g/mol. The molecule has 1 fully saturated rings. The van der Waals surface area contributed by atoms with E-state index in [9.17, 15) is 8.42 Å². The molecule has 2 N–H and O–H groups in total. The summed E-state index contributed by atoms with van der Waals surface area (Å²) in [6.07, 6.45) is 0. The zero-order valence-corrected chi connectivity index (χ0v) is 8.70. The summed E-state index contributed by atoms with van der Waals surface area (Å²) in [5.41, 5.74) is 0.623. The highest BCUT2D eigenvalue weighted by atomic mass is 32.2. The molecule has 1 aromatic rings. The molecule has 0 saturated carbocycles. The molecule has 1 heterocycles. The lowest BCUT2D eigenvalue weighted by Crippen LogP contribution is -2.56. The molecule has 5 nitrogen and oxygen atoms in total. The van der Waals surface area contributed by atoms with E-state index in [2.05, 4.69) is 0 Å². The number of nitrogens with one attached hydrogen (secondary N) is 1. The summed E-state index contributed by atoms with van der Waals surface area (Å²) in [4.78, 5) is 1.37. The van der Waals surface area contributed by atoms with Gasteiger partial charge in [-0.1, -0.05) is 35.2 Å². The maximum atomic E-state index is 11.7. The minimum atomic E-state index is -3.80. The van der Waals surface area contributed by atoms with Gasteiger partial charge in [0, 0.05) is 0 Å². The Morgan fingerprint density at radius 3 is 2.27 bits per heavy atom. The summed E-state index contributed by atoms with van der Waals surface area (Å²) in [6.45, 7) is 0.125. The molecule has 1 aromatic carbocycles. The highest BCUT2D eigenvalue weighted by Crippen LogP contribution is 2.36. The summed E-state index contributed by atoms with van der Waals surface area (Å²) < 4.78 is 27.1. The van der Waals surface area contributed by atoms with E-state index in [1.807, 2.05) is 0 Å². The minimum Gasteiger partial charge on any atom is -0.377 e. The van der Waals surface area contributed by atoms with Crippen molar-refractivity contribution in [2.24, 2.45) is 0 Å². The Bertz CT molecular complexity index is 438. The quantitative estimate of drug-likeness (QED) is 0.727. The predicted molar refractivity (Wildman–Crippen MR) is 52.8 cm³/mol. The lowest BCUT2D eigenvalue weighted by atomic mass is 9.97. The van der Waals surface area contributed by atoms with Crippen LogP contribution in [0.4, 0.5) is 0 Å². The van der Waals surface area contributed by atoms with Crippen LogP contribution in [0.2, 0.25) is 0 Å². The van der Waals surface area contributed by atoms with Crippen molar-refractivity contribution in [2.45, 2.75) is 4.75 Å². The molecule has 1 saturated heterocycles. The molecule has 0 amide bonds. The summed E-state index contributed by atoms with van der Waals surface area (Å²) in [5.74, 6) is 0. The van der Waals surface area contributed by atoms with Crippen molar-refractivity contribution in [3.8, 4) is 0 Å². The second-order valence-electron chi connectivity index (χ2n) is 3.45. The third-order valence-electron chi connectivity index (χ3n) is 2.60. The van der Waals surface area contributed by atoms with E-state index in [0.29, 0.717) is 5.56 Å². The number of sulfonamides is 1. The molecule has 2 rings (SSSR count). The van der Waals surface area contributed by atoms with Crippen molar-refractivity contribution in [2.75, 3.05) is 13.2 Å². The first-order valence-electron chi connectivity index (χ1n) is 4.41. The van der Waals surface area contributed by atoms with Gasteiger partial charge < -0.3 is 9.94 Å². The number of hydrogen-bond acceptors (Lipinski definition) is 4. The van der Waals surface area contributed by atoms with Crippen molar-refractivity contribution in [1.82, 2.24) is 4.89 Å². The number of benzene rings is 1. The van der Waals surface area contributed by atoms with Crippen LogP contribution in [0.1, 0.15) is 5.56 Å². The van der Waals surface area contributed by atoms with E-state index in [4.69, 9.17) is 9.94 Å². The van der Waals surface area contributed by atoms with Gasteiger partial charge in [-0.05, 0) is 5.56 Å². The first kappa shape index (κ1) is 10.6. The highest BCUT2D eigenvalue weighted by Gasteiger charge is 2.52. The van der Waals surface area contributed by atoms with Crippen LogP contribution < -0.4 is 4.89 Å². The van der Waals surface area contributed by atoms with Gasteiger partial charge in [-0.2, -0.15) is 0 Å². The summed E-state index contributed by atoms with van der Waals surface area (Å²) in [6, 6.07) is 8.72. The highest BCUT2D eigenvalue weighted by molar-refractivity contribution is 7.90. The normalized spacial score (nSPS) is 19.5. The molecule has 1 aliphatic rings. The minimum absolute atomic E-state index is 0.0624. The first-order valence-corrected chi connectivity index (χ1v) is 5.89. The second-order valence-corrected chi connectivity index (χ2v) is 5.42. The predicted octanol–water partition coefficient (Wildman–Crippen LogP) is 0.221. The van der Waals surface area contributed by atoms with Crippen LogP contribution in [0.5, 0.6) is 0 Å². The van der Waals surface area contributed by atoms with Crippen molar-refractivity contribution in [1.29, 1.82) is 0 Å². The zero-order valence-electron chi connectivity index (χ0n) is 7.88. The van der Waals surface area contributed by atoms with Crippen LogP contribution in [-0.2, 0) is 19.5 Å². The lowest BCUT2D eigenvalue weighted by molar-refractivity contribution is -0.0186. The summed E-state index contributed by atoms with van der Waals surface area (Å²) >= 11 is 0. The standard InChI is InChI=1S/C9H11NO4S/c11-10-15(12,13)9(6-14-7-9)8-4-2-1-3-5-8/h1-5,10-11H,6-7H2. The molecule has 15 heavy (non-hydrogen) atoms. The van der Waals surface area contributed by atoms with Gasteiger partial charge in [0.25, 0.3) is 0 Å². The Kier molecular flexibility index (Phi) is 2.51. The summed E-state index contributed by atoms with van der Waals surface area (Å²) in [7, 11) is -3.80. The number of rotatable bonds is 3. The fourth-order valence-corrected chi connectivity index (χ4v) is 2.69. The van der Waals surface area contributed by atoms with Gasteiger partial charge in [0.15, 0.2) is 4.75 Å². The van der Waals surface area contributed by atoms with Gasteiger partial charge in [-0.3, -0.25) is 0 Å². The van der Waals surface area contributed by atoms with Crippen molar-refractivity contribution < 1.29 is 18.4 Å². The molecular weight excluding hydrogens is 218 g/mol. The van der Waals surface area contributed by atoms with E-state index >= 15 is 0 Å². The molecule has 0 bridgehead atoms. The Hall–Kier alpha value is -0.950. The van der Waals surface area contributed by atoms with Gasteiger partial charge in [0.05, 0.1) is 13.2 Å². The van der Waals surface area contributed by atoms with E-state index in [1.54, 1.807) is 30.3 Å². The molecule has 0 unspecified atom stereocenters. The fourth-order valence-electron chi connectivity index (χ4n) is 1.59. The van der Waals surface area contributed by atoms with E-state index in [-0.39, 0.29) is 13.2 Å². The van der Waals surface area contributed by atoms with Crippen LogP contribution in [0, 0.1) is 0 Å². The first-order chi connectivity index (χ1) is 7.12. The third-order valence-corrected chi connectivity index (χ3v) is 4.35. The maximum Gasteiger partial charge on any atom is 0.247 e. The van der Waals surface area contributed by atoms with Gasteiger partial charge in [0.2, 0.25) is 10.0 Å². The Balaban J connectivity index is 2.48. The smallest absolute Gasteiger partial charge is 0.247 e. The molecule has 0 atom stereocenters. The second kappa shape index (κ2) is 3.57. The Morgan fingerprint density at radius 2 is 1.87 bits per heavy atom. The van der Waals surface area contributed by atoms with Gasteiger partial charge >= 0.3 is 0 Å². The van der Waals surface area contributed by atoms with Crippen LogP contribution in [0.3, 0.4) is 0 Å². The lowest BCUT2D eigenvalue weighted by Gasteiger charge is -2.39. The molecule has 1 aliphatic heterocycles. The Morgan fingerprint density at radius 1 is 1.27 bits per heavy atom. The molecule has 0 aliphatic carbocycles. The molecular formula is C9H11NO4S. The average Bonchev–Trinajstić information content (AvgIpc) is 2.17. The average molecular weight is 229 g/mol. The van der Waals surface area contributed by atoms with Gasteiger partial charge in [-0.25, -0.2) is 8.42 Å². The van der Waals surface area contributed by atoms with Crippen LogP contribution in [-0.4, -0.2) is 26.8 Å². The van der Waals surface area contributed by atoms with Crippen molar-refractivity contribution in [3.63, 3.8) is 0 Å². The van der Waals surface area contributed by atoms with E-state index < -0.39 is 14.8 Å². The van der Waals surface area contributed by atoms with Gasteiger partial charge in [-0.15, -0.1) is 0 Å². The van der Waals surface area contributed by atoms with Crippen LogP contribution in [0.15, 0.2) is 30.3 Å². The molecule has 0 spiro atoms. The molecule has 0 radical (unpaired) electrons. The largest absolute Gasteiger partial charge is 0.377 e. The molecule has 0 aromatic heterocycles. The fraction of sp³-hybridized carbons (Fsp3) is 0.333.